The van der Waals surface area contributed by atoms with Gasteiger partial charge in [0.2, 0.25) is 0 Å². The number of hydrogen-bond acceptors (Lipinski definition) is 4. The third kappa shape index (κ3) is 4.51. The van der Waals surface area contributed by atoms with Gasteiger partial charge in [-0.1, -0.05) is 12.1 Å². The van der Waals surface area contributed by atoms with Crippen molar-refractivity contribution in [3.05, 3.63) is 35.6 Å². The lowest BCUT2D eigenvalue weighted by atomic mass is 9.74. The van der Waals surface area contributed by atoms with Gasteiger partial charge in [-0.05, 0) is 30.5 Å². The average Bonchev–Trinajstić information content (AvgIpc) is 2.58. The molecule has 1 fully saturated rings. The molecule has 0 radical (unpaired) electrons. The molecule has 1 aliphatic rings. The summed E-state index contributed by atoms with van der Waals surface area (Å²) < 4.78 is 47.4. The molecule has 1 heterocycles. The highest BCUT2D eigenvalue weighted by Crippen LogP contribution is 2.34. The molecule has 1 N–H and O–H groups in total. The van der Waals surface area contributed by atoms with E-state index >= 15 is 0 Å². The van der Waals surface area contributed by atoms with Gasteiger partial charge in [-0.3, -0.25) is 0 Å². The summed E-state index contributed by atoms with van der Waals surface area (Å²) in [7, 11) is -2.26. The number of halogens is 1. The molecule has 6 nitrogen and oxygen atoms in total. The van der Waals surface area contributed by atoms with Crippen LogP contribution in [-0.2, 0) is 20.4 Å². The molecule has 1 aliphatic heterocycles. The molecule has 0 bridgehead atoms. The molecule has 0 spiro atoms. The third-order valence-electron chi connectivity index (χ3n) is 4.43. The Morgan fingerprint density at radius 2 is 2.12 bits per heavy atom. The number of nitrogens with zero attached hydrogens (tertiary/aromatic N) is 2. The molecular weight excluding hydrogens is 333 g/mol. The number of benzene rings is 1. The maximum atomic E-state index is 13.6. The predicted octanol–water partition coefficient (Wildman–Crippen LogP) is 1.55. The number of ether oxygens (including phenoxy) is 1. The lowest BCUT2D eigenvalue weighted by Crippen LogP contribution is -2.48. The quantitative estimate of drug-likeness (QED) is 0.804. The van der Waals surface area contributed by atoms with Crippen molar-refractivity contribution in [2.75, 3.05) is 33.4 Å². The van der Waals surface area contributed by atoms with Crippen molar-refractivity contribution in [2.45, 2.75) is 24.7 Å². The Hall–Kier alpha value is -1.53. The summed E-state index contributed by atoms with van der Waals surface area (Å²) >= 11 is 0. The Morgan fingerprint density at radius 1 is 1.42 bits per heavy atom. The minimum absolute atomic E-state index is 0.125. The number of nitrogens with one attached hydrogen (secondary N) is 1. The van der Waals surface area contributed by atoms with Crippen molar-refractivity contribution < 1.29 is 17.5 Å². The first-order chi connectivity index (χ1) is 11.4. The second kappa shape index (κ2) is 8.03. The number of rotatable bonds is 7. The maximum Gasteiger partial charge on any atom is 0.279 e. The summed E-state index contributed by atoms with van der Waals surface area (Å²) in [5.41, 5.74) is 0.275. The van der Waals surface area contributed by atoms with Gasteiger partial charge < -0.3 is 4.74 Å². The van der Waals surface area contributed by atoms with Gasteiger partial charge in [-0.2, -0.15) is 18.0 Å². The van der Waals surface area contributed by atoms with Gasteiger partial charge >= 0.3 is 0 Å². The van der Waals surface area contributed by atoms with Crippen LogP contribution in [0.3, 0.4) is 0 Å². The highest BCUT2D eigenvalue weighted by molar-refractivity contribution is 7.87. The molecule has 1 aromatic rings. The van der Waals surface area contributed by atoms with E-state index in [1.165, 1.54) is 19.2 Å². The Morgan fingerprint density at radius 3 is 2.75 bits per heavy atom. The van der Waals surface area contributed by atoms with Crippen LogP contribution >= 0.6 is 0 Å². The van der Waals surface area contributed by atoms with Gasteiger partial charge in [0.25, 0.3) is 10.2 Å². The van der Waals surface area contributed by atoms with Crippen LogP contribution in [0.2, 0.25) is 0 Å². The van der Waals surface area contributed by atoms with Crippen LogP contribution in [0.4, 0.5) is 4.39 Å². The summed E-state index contributed by atoms with van der Waals surface area (Å²) in [4.78, 5) is 0. The van der Waals surface area contributed by atoms with Crippen LogP contribution in [0.25, 0.3) is 0 Å². The standard InChI is InChI=1S/C16H22FN3O3S/c1-20(9-3-8-18)24(21,22)19-13-16(6-10-23-11-7-16)14-4-2-5-15(17)12-14/h2,4-5,12,19H,3,6-7,9-11,13H2,1H3. The van der Waals surface area contributed by atoms with Gasteiger partial charge in [0, 0.05) is 45.2 Å². The molecule has 1 saturated heterocycles. The molecule has 0 saturated carbocycles. The van der Waals surface area contributed by atoms with E-state index in [2.05, 4.69) is 4.72 Å². The topological polar surface area (TPSA) is 82.4 Å². The van der Waals surface area contributed by atoms with Crippen molar-refractivity contribution in [1.82, 2.24) is 9.03 Å². The summed E-state index contributed by atoms with van der Waals surface area (Å²) in [5.74, 6) is -0.340. The fourth-order valence-electron chi connectivity index (χ4n) is 2.82. The summed E-state index contributed by atoms with van der Waals surface area (Å²) in [6.07, 6.45) is 1.35. The monoisotopic (exact) mass is 355 g/mol. The van der Waals surface area contributed by atoms with Gasteiger partial charge in [-0.15, -0.1) is 0 Å². The van der Waals surface area contributed by atoms with E-state index < -0.39 is 15.6 Å². The molecule has 1 aromatic carbocycles. The Labute approximate surface area is 142 Å². The van der Waals surface area contributed by atoms with E-state index in [9.17, 15) is 12.8 Å². The molecule has 24 heavy (non-hydrogen) atoms. The lowest BCUT2D eigenvalue weighted by molar-refractivity contribution is 0.0515. The van der Waals surface area contributed by atoms with E-state index in [1.807, 2.05) is 12.1 Å². The predicted molar refractivity (Wildman–Crippen MR) is 87.9 cm³/mol. The number of hydrogen-bond donors (Lipinski definition) is 1. The van der Waals surface area contributed by atoms with E-state index in [0.29, 0.717) is 26.1 Å². The summed E-state index contributed by atoms with van der Waals surface area (Å²) in [6, 6.07) is 8.21. The first kappa shape index (κ1) is 18.8. The second-order valence-corrected chi connectivity index (χ2v) is 7.82. The van der Waals surface area contributed by atoms with Crippen LogP contribution in [0.15, 0.2) is 24.3 Å². The van der Waals surface area contributed by atoms with Crippen molar-refractivity contribution in [3.63, 3.8) is 0 Å². The maximum absolute atomic E-state index is 13.6. The van der Waals surface area contributed by atoms with Gasteiger partial charge in [0.15, 0.2) is 0 Å². The minimum Gasteiger partial charge on any atom is -0.381 e. The van der Waals surface area contributed by atoms with Crippen LogP contribution in [-0.4, -0.2) is 46.1 Å². The van der Waals surface area contributed by atoms with E-state index in [-0.39, 0.29) is 25.3 Å². The zero-order valence-electron chi connectivity index (χ0n) is 13.7. The van der Waals surface area contributed by atoms with Gasteiger partial charge in [0.05, 0.1) is 6.07 Å². The molecule has 2 rings (SSSR count). The molecule has 0 amide bonds. The van der Waals surface area contributed by atoms with Gasteiger partial charge in [-0.25, -0.2) is 9.11 Å². The minimum atomic E-state index is -3.69. The Kier molecular flexibility index (Phi) is 6.29. The van der Waals surface area contributed by atoms with Crippen LogP contribution < -0.4 is 4.72 Å². The van der Waals surface area contributed by atoms with Crippen LogP contribution in [0, 0.1) is 17.1 Å². The third-order valence-corrected chi connectivity index (χ3v) is 5.94. The van der Waals surface area contributed by atoms with Crippen LogP contribution in [0.5, 0.6) is 0 Å². The smallest absolute Gasteiger partial charge is 0.279 e. The van der Waals surface area contributed by atoms with Gasteiger partial charge in [0.1, 0.15) is 5.82 Å². The molecule has 0 aliphatic carbocycles. The highest BCUT2D eigenvalue weighted by Gasteiger charge is 2.36. The van der Waals surface area contributed by atoms with E-state index in [4.69, 9.17) is 10.00 Å². The molecule has 0 aromatic heterocycles. The Bertz CT molecular complexity index is 697. The zero-order valence-corrected chi connectivity index (χ0v) is 14.5. The lowest BCUT2D eigenvalue weighted by Gasteiger charge is -2.38. The van der Waals surface area contributed by atoms with Crippen molar-refractivity contribution in [3.8, 4) is 6.07 Å². The fourth-order valence-corrected chi connectivity index (χ4v) is 3.83. The molecule has 0 unspecified atom stereocenters. The van der Waals surface area contributed by atoms with Crippen LogP contribution in [0.1, 0.15) is 24.8 Å². The zero-order chi connectivity index (χ0) is 17.6. The molecule has 132 valence electrons. The van der Waals surface area contributed by atoms with E-state index in [0.717, 1.165) is 9.87 Å². The molecular formula is C16H22FN3O3S. The van der Waals surface area contributed by atoms with Crippen molar-refractivity contribution in [1.29, 1.82) is 5.26 Å². The summed E-state index contributed by atoms with van der Waals surface area (Å²) in [6.45, 7) is 1.30. The fraction of sp³-hybridized carbons (Fsp3) is 0.562. The van der Waals surface area contributed by atoms with E-state index in [1.54, 1.807) is 6.07 Å². The molecule has 0 atom stereocenters. The molecule has 8 heteroatoms. The number of nitriles is 1. The first-order valence-electron chi connectivity index (χ1n) is 7.81. The normalized spacial score (nSPS) is 17.6. The summed E-state index contributed by atoms with van der Waals surface area (Å²) in [5, 5.41) is 8.59. The second-order valence-electron chi connectivity index (χ2n) is 5.96. The average molecular weight is 355 g/mol. The first-order valence-corrected chi connectivity index (χ1v) is 9.25. The SMILES string of the molecule is CN(CCC#N)S(=O)(=O)NCC1(c2cccc(F)c2)CCOCC1. The highest BCUT2D eigenvalue weighted by atomic mass is 32.2. The van der Waals surface area contributed by atoms with Crippen molar-refractivity contribution in [2.24, 2.45) is 0 Å². The largest absolute Gasteiger partial charge is 0.381 e. The van der Waals surface area contributed by atoms with Crippen molar-refractivity contribution >= 4 is 10.2 Å². The Balaban J connectivity index is 2.17.